The summed E-state index contributed by atoms with van der Waals surface area (Å²) in [5.41, 5.74) is 7.47. The van der Waals surface area contributed by atoms with Gasteiger partial charge in [0.1, 0.15) is 6.61 Å². The number of hydrogen-bond acceptors (Lipinski definition) is 5. The Morgan fingerprint density at radius 3 is 2.77 bits per heavy atom. The summed E-state index contributed by atoms with van der Waals surface area (Å²) in [4.78, 5) is 8.16. The quantitative estimate of drug-likeness (QED) is 0.890. The molecule has 1 atom stereocenters. The zero-order chi connectivity index (χ0) is 15.4. The lowest BCUT2D eigenvalue weighted by Gasteiger charge is -2.08. The maximum Gasteiger partial charge on any atom is 0.282 e. The molecular formula is C16H17FN4O. The van der Waals surface area contributed by atoms with Gasteiger partial charge in [0.2, 0.25) is 0 Å². The number of halogens is 1. The minimum Gasteiger partial charge on any atom is -0.463 e. The van der Waals surface area contributed by atoms with Gasteiger partial charge in [0.25, 0.3) is 6.02 Å². The van der Waals surface area contributed by atoms with Gasteiger partial charge in [-0.25, -0.2) is 14.4 Å². The highest BCUT2D eigenvalue weighted by Gasteiger charge is 2.16. The summed E-state index contributed by atoms with van der Waals surface area (Å²) in [6, 6.07) is 11.2. The number of hydrogen-bond donors (Lipinski definition) is 2. The van der Waals surface area contributed by atoms with E-state index in [-0.39, 0.29) is 23.7 Å². The number of ether oxygens (including phenoxy) is 1. The summed E-state index contributed by atoms with van der Waals surface area (Å²) < 4.78 is 18.6. The fourth-order valence-electron chi connectivity index (χ4n) is 2.29. The lowest BCUT2D eigenvalue weighted by Crippen LogP contribution is -2.10. The summed E-state index contributed by atoms with van der Waals surface area (Å²) in [6.07, 6.45) is 3.33. The van der Waals surface area contributed by atoms with Gasteiger partial charge in [-0.15, -0.1) is 0 Å². The van der Waals surface area contributed by atoms with E-state index in [1.807, 2.05) is 24.3 Å². The number of aromatic nitrogens is 1. The molecule has 114 valence electrons. The molecule has 5 nitrogen and oxygen atoms in total. The maximum atomic E-state index is 13.5. The molecule has 6 heteroatoms. The van der Waals surface area contributed by atoms with Crippen LogP contribution in [0.3, 0.4) is 0 Å². The second kappa shape index (κ2) is 6.43. The van der Waals surface area contributed by atoms with E-state index in [0.29, 0.717) is 6.61 Å². The largest absolute Gasteiger partial charge is 0.463 e. The van der Waals surface area contributed by atoms with Crippen molar-refractivity contribution in [2.75, 3.05) is 11.9 Å². The van der Waals surface area contributed by atoms with Gasteiger partial charge in [0.05, 0.1) is 6.04 Å². The lowest BCUT2D eigenvalue weighted by atomic mass is 10.1. The number of pyridine rings is 1. The number of benzene rings is 1. The summed E-state index contributed by atoms with van der Waals surface area (Å²) in [7, 11) is 0. The number of aryl methyl sites for hydroxylation is 1. The predicted octanol–water partition coefficient (Wildman–Crippen LogP) is 2.61. The normalized spacial score (nSPS) is 17.0. The molecule has 0 saturated carbocycles. The van der Waals surface area contributed by atoms with Crippen LogP contribution in [0.15, 0.2) is 47.6 Å². The smallest absolute Gasteiger partial charge is 0.282 e. The van der Waals surface area contributed by atoms with Crippen LogP contribution < -0.4 is 11.1 Å². The molecule has 1 aromatic heterocycles. The Hall–Kier alpha value is -2.63. The average molecular weight is 300 g/mol. The van der Waals surface area contributed by atoms with Gasteiger partial charge < -0.3 is 15.8 Å². The van der Waals surface area contributed by atoms with E-state index in [1.165, 1.54) is 11.6 Å². The lowest BCUT2D eigenvalue weighted by molar-refractivity contribution is 0.308. The van der Waals surface area contributed by atoms with Crippen LogP contribution in [-0.4, -0.2) is 23.7 Å². The zero-order valence-corrected chi connectivity index (χ0v) is 12.0. The van der Waals surface area contributed by atoms with E-state index in [2.05, 4.69) is 15.3 Å². The third-order valence-electron chi connectivity index (χ3n) is 3.47. The third-order valence-corrected chi connectivity index (χ3v) is 3.47. The van der Waals surface area contributed by atoms with Crippen LogP contribution in [0.5, 0.6) is 0 Å². The number of rotatable bonds is 5. The summed E-state index contributed by atoms with van der Waals surface area (Å²) in [5, 5.41) is 2.96. The molecule has 0 aliphatic carbocycles. The first kappa shape index (κ1) is 14.3. The van der Waals surface area contributed by atoms with Gasteiger partial charge in [-0.2, -0.15) is 0 Å². The Morgan fingerprint density at radius 1 is 1.27 bits per heavy atom. The second-order valence-electron chi connectivity index (χ2n) is 5.13. The van der Waals surface area contributed by atoms with Gasteiger partial charge in [-0.1, -0.05) is 12.1 Å². The van der Waals surface area contributed by atoms with Crippen molar-refractivity contribution in [3.8, 4) is 0 Å². The first-order valence-electron chi connectivity index (χ1n) is 7.13. The topological polar surface area (TPSA) is 72.5 Å². The number of nitrogens with two attached hydrogens (primary N) is 1. The fraction of sp³-hybridized carbons (Fsp3) is 0.250. The van der Waals surface area contributed by atoms with Crippen LogP contribution in [-0.2, 0) is 11.2 Å². The van der Waals surface area contributed by atoms with Crippen LogP contribution >= 0.6 is 0 Å². The van der Waals surface area contributed by atoms with E-state index in [9.17, 15) is 4.39 Å². The van der Waals surface area contributed by atoms with Crippen LogP contribution in [0.1, 0.15) is 12.0 Å². The molecule has 0 saturated heterocycles. The molecule has 0 radical (unpaired) electrons. The molecule has 0 amide bonds. The molecule has 2 heterocycles. The van der Waals surface area contributed by atoms with Crippen LogP contribution in [0, 0.1) is 5.82 Å². The van der Waals surface area contributed by atoms with Crippen LogP contribution in [0.2, 0.25) is 0 Å². The first-order valence-corrected chi connectivity index (χ1v) is 7.13. The van der Waals surface area contributed by atoms with E-state index in [0.717, 1.165) is 18.5 Å². The summed E-state index contributed by atoms with van der Waals surface area (Å²) >= 11 is 0. The third kappa shape index (κ3) is 3.52. The van der Waals surface area contributed by atoms with E-state index in [4.69, 9.17) is 10.5 Å². The van der Waals surface area contributed by atoms with Crippen molar-refractivity contribution in [2.45, 2.75) is 18.9 Å². The summed E-state index contributed by atoms with van der Waals surface area (Å²) in [5.74, 6) is -0.147. The number of aliphatic imine (C=N–C) groups is 1. The molecule has 3 rings (SSSR count). The predicted molar refractivity (Wildman–Crippen MR) is 83.6 cm³/mol. The molecule has 1 aliphatic rings. The van der Waals surface area contributed by atoms with Crippen molar-refractivity contribution in [1.82, 2.24) is 4.98 Å². The molecule has 22 heavy (non-hydrogen) atoms. The molecule has 1 aliphatic heterocycles. The molecular weight excluding hydrogens is 283 g/mol. The molecule has 0 spiro atoms. The second-order valence-corrected chi connectivity index (χ2v) is 5.13. The molecule has 3 N–H and O–H groups in total. The highest BCUT2D eigenvalue weighted by atomic mass is 19.1. The molecule has 1 aromatic carbocycles. The summed E-state index contributed by atoms with van der Waals surface area (Å²) in [6.45, 7) is 0.560. The minimum atomic E-state index is -0.372. The van der Waals surface area contributed by atoms with Crippen molar-refractivity contribution < 1.29 is 9.13 Å². The van der Waals surface area contributed by atoms with Gasteiger partial charge in [0, 0.05) is 11.9 Å². The van der Waals surface area contributed by atoms with E-state index in [1.54, 1.807) is 12.3 Å². The highest BCUT2D eigenvalue weighted by molar-refractivity contribution is 5.73. The van der Waals surface area contributed by atoms with Crippen LogP contribution in [0.25, 0.3) is 0 Å². The monoisotopic (exact) mass is 300 g/mol. The van der Waals surface area contributed by atoms with Gasteiger partial charge >= 0.3 is 0 Å². The average Bonchev–Trinajstić information content (AvgIpc) is 2.94. The Labute approximate surface area is 128 Å². The molecule has 0 fully saturated rings. The fourth-order valence-corrected chi connectivity index (χ4v) is 2.29. The first-order chi connectivity index (χ1) is 10.7. The van der Waals surface area contributed by atoms with Crippen LogP contribution in [0.4, 0.5) is 15.9 Å². The maximum absolute atomic E-state index is 13.5. The Balaban J connectivity index is 1.57. The van der Waals surface area contributed by atoms with E-state index >= 15 is 0 Å². The Bertz CT molecular complexity index is 672. The number of nitrogens with zero attached hydrogens (tertiary/aromatic N) is 2. The SMILES string of the molecule is NC1=NC(CCc2ccc(Nc3ncccc3F)cc2)CO1. The minimum absolute atomic E-state index is 0.139. The Morgan fingerprint density at radius 2 is 2.09 bits per heavy atom. The van der Waals surface area contributed by atoms with E-state index < -0.39 is 0 Å². The van der Waals surface area contributed by atoms with Gasteiger partial charge in [-0.3, -0.25) is 0 Å². The van der Waals surface area contributed by atoms with Crippen molar-refractivity contribution in [3.63, 3.8) is 0 Å². The standard InChI is InChI=1S/C16H17FN4O/c17-14-2-1-9-19-15(14)20-12-6-3-11(4-7-12)5-8-13-10-22-16(18)21-13/h1-4,6-7,9,13H,5,8,10H2,(H2,18,21)(H,19,20). The zero-order valence-electron chi connectivity index (χ0n) is 12.0. The van der Waals surface area contributed by atoms with Gasteiger partial charge in [0.15, 0.2) is 11.6 Å². The highest BCUT2D eigenvalue weighted by Crippen LogP contribution is 2.19. The molecule has 0 bridgehead atoms. The number of anilines is 2. The van der Waals surface area contributed by atoms with Crippen molar-refractivity contribution in [2.24, 2.45) is 10.7 Å². The number of nitrogens with one attached hydrogen (secondary N) is 1. The van der Waals surface area contributed by atoms with Crippen molar-refractivity contribution >= 4 is 17.5 Å². The van der Waals surface area contributed by atoms with Crippen molar-refractivity contribution in [1.29, 1.82) is 0 Å². The molecule has 2 aromatic rings. The molecule has 1 unspecified atom stereocenters. The van der Waals surface area contributed by atoms with Gasteiger partial charge in [-0.05, 0) is 42.7 Å². The number of amidine groups is 1. The Kier molecular flexibility index (Phi) is 4.18. The van der Waals surface area contributed by atoms with Crippen molar-refractivity contribution in [3.05, 3.63) is 54.0 Å².